The van der Waals surface area contributed by atoms with Gasteiger partial charge in [0.2, 0.25) is 0 Å². The highest BCUT2D eigenvalue weighted by Crippen LogP contribution is 2.35. The Hall–Kier alpha value is -0.960. The molecule has 1 rings (SSSR count). The molecule has 0 aliphatic carbocycles. The van der Waals surface area contributed by atoms with Crippen LogP contribution in [0.1, 0.15) is 26.5 Å². The lowest BCUT2D eigenvalue weighted by molar-refractivity contribution is 0.0373. The Morgan fingerprint density at radius 2 is 2.00 bits per heavy atom. The fourth-order valence-electron chi connectivity index (χ4n) is 1.43. The van der Waals surface area contributed by atoms with Crippen LogP contribution in [0.4, 0.5) is 4.39 Å². The van der Waals surface area contributed by atoms with E-state index >= 15 is 0 Å². The van der Waals surface area contributed by atoms with Crippen molar-refractivity contribution in [2.24, 2.45) is 11.1 Å². The largest absolute Gasteiger partial charge is 0.327 e. The van der Waals surface area contributed by atoms with Crippen LogP contribution >= 0.6 is 0 Å². The fraction of sp³-hybridized carbons (Fsp3) is 0.583. The molecule has 0 spiro atoms. The van der Waals surface area contributed by atoms with Crippen molar-refractivity contribution in [1.29, 1.82) is 0 Å². The van der Waals surface area contributed by atoms with Crippen LogP contribution in [0.3, 0.4) is 0 Å². The molecule has 2 nitrogen and oxygen atoms in total. The van der Waals surface area contributed by atoms with Crippen LogP contribution in [0, 0.1) is 5.41 Å². The topological polar surface area (TPSA) is 38.9 Å². The van der Waals surface area contributed by atoms with Gasteiger partial charge in [0.15, 0.2) is 0 Å². The molecular formula is C12H19FN2. The van der Waals surface area contributed by atoms with Crippen LogP contribution in [0.25, 0.3) is 0 Å². The second kappa shape index (κ2) is 4.27. The summed E-state index contributed by atoms with van der Waals surface area (Å²) in [5.74, 6) is 0. The molecule has 3 heteroatoms. The summed E-state index contributed by atoms with van der Waals surface area (Å²) in [5, 5.41) is 0. The Morgan fingerprint density at radius 3 is 2.40 bits per heavy atom. The van der Waals surface area contributed by atoms with Gasteiger partial charge in [0.1, 0.15) is 5.67 Å². The summed E-state index contributed by atoms with van der Waals surface area (Å²) in [7, 11) is 0. The van der Waals surface area contributed by atoms with E-state index in [2.05, 4.69) is 4.98 Å². The minimum atomic E-state index is -1.40. The summed E-state index contributed by atoms with van der Waals surface area (Å²) < 4.78 is 14.5. The first-order valence-corrected chi connectivity index (χ1v) is 5.18. The van der Waals surface area contributed by atoms with Crippen LogP contribution < -0.4 is 5.73 Å². The Bertz CT molecular complexity index is 305. The molecule has 0 aromatic carbocycles. The number of halogens is 1. The van der Waals surface area contributed by atoms with Crippen LogP contribution in [-0.4, -0.2) is 17.2 Å². The molecule has 15 heavy (non-hydrogen) atoms. The van der Waals surface area contributed by atoms with Crippen LogP contribution in [0.2, 0.25) is 0 Å². The third-order valence-corrected chi connectivity index (χ3v) is 2.86. The lowest BCUT2D eigenvalue weighted by Gasteiger charge is -2.36. The number of alkyl halides is 1. The molecule has 0 radical (unpaired) electrons. The summed E-state index contributed by atoms with van der Waals surface area (Å²) in [4.78, 5) is 4.13. The van der Waals surface area contributed by atoms with E-state index in [1.165, 1.54) is 0 Å². The number of hydrogen-bond acceptors (Lipinski definition) is 2. The van der Waals surface area contributed by atoms with Gasteiger partial charge in [-0.3, -0.25) is 4.98 Å². The molecule has 0 bridgehead atoms. The maximum absolute atomic E-state index is 14.5. The predicted octanol–water partition coefficient (Wildman–Crippen LogP) is 2.34. The molecule has 1 atom stereocenters. The zero-order valence-corrected chi connectivity index (χ0v) is 9.63. The maximum Gasteiger partial charge on any atom is 0.133 e. The number of hydrogen-bond donors (Lipinski definition) is 1. The second-order valence-corrected chi connectivity index (χ2v) is 4.92. The van der Waals surface area contributed by atoms with Gasteiger partial charge in [0.25, 0.3) is 0 Å². The first-order chi connectivity index (χ1) is 6.89. The Labute approximate surface area is 90.7 Å². The van der Waals surface area contributed by atoms with Crippen LogP contribution in [0.5, 0.6) is 0 Å². The standard InChI is InChI=1S/C12H19FN2/c1-11(2,3)12(13,9-14)8-10-6-4-5-7-15-10/h4-7H,8-9,14H2,1-3H3. The highest BCUT2D eigenvalue weighted by molar-refractivity contribution is 5.09. The molecule has 1 heterocycles. The van der Waals surface area contributed by atoms with Crippen LogP contribution in [-0.2, 0) is 6.42 Å². The maximum atomic E-state index is 14.5. The zero-order valence-electron chi connectivity index (χ0n) is 9.63. The van der Waals surface area contributed by atoms with E-state index in [0.29, 0.717) is 0 Å². The molecule has 84 valence electrons. The third kappa shape index (κ3) is 2.75. The van der Waals surface area contributed by atoms with E-state index in [1.54, 1.807) is 6.20 Å². The summed E-state index contributed by atoms with van der Waals surface area (Å²) in [6, 6.07) is 5.51. The van der Waals surface area contributed by atoms with Gasteiger partial charge in [-0.05, 0) is 17.5 Å². The lowest BCUT2D eigenvalue weighted by atomic mass is 9.75. The number of aromatic nitrogens is 1. The Balaban J connectivity index is 2.87. The van der Waals surface area contributed by atoms with Crippen molar-refractivity contribution in [1.82, 2.24) is 4.98 Å². The van der Waals surface area contributed by atoms with Crippen molar-refractivity contribution in [3.63, 3.8) is 0 Å². The second-order valence-electron chi connectivity index (χ2n) is 4.92. The fourth-order valence-corrected chi connectivity index (χ4v) is 1.43. The summed E-state index contributed by atoms with van der Waals surface area (Å²) in [6.45, 7) is 5.61. The van der Waals surface area contributed by atoms with Gasteiger partial charge in [-0.2, -0.15) is 0 Å². The average molecular weight is 210 g/mol. The van der Waals surface area contributed by atoms with Gasteiger partial charge in [0.05, 0.1) is 0 Å². The lowest BCUT2D eigenvalue weighted by Crippen LogP contribution is -2.47. The van der Waals surface area contributed by atoms with E-state index in [9.17, 15) is 4.39 Å². The Morgan fingerprint density at radius 1 is 1.33 bits per heavy atom. The molecule has 0 fully saturated rings. The molecule has 0 amide bonds. The molecule has 1 unspecified atom stereocenters. The first kappa shape index (κ1) is 12.1. The van der Waals surface area contributed by atoms with E-state index in [4.69, 9.17) is 5.73 Å². The summed E-state index contributed by atoms with van der Waals surface area (Å²) >= 11 is 0. The third-order valence-electron chi connectivity index (χ3n) is 2.86. The monoisotopic (exact) mass is 210 g/mol. The van der Waals surface area contributed by atoms with Gasteiger partial charge in [-0.15, -0.1) is 0 Å². The number of nitrogens with zero attached hydrogens (tertiary/aromatic N) is 1. The molecule has 0 saturated heterocycles. The van der Waals surface area contributed by atoms with Crippen molar-refractivity contribution in [2.75, 3.05) is 6.54 Å². The van der Waals surface area contributed by atoms with E-state index in [0.717, 1.165) is 5.69 Å². The predicted molar refractivity (Wildman–Crippen MR) is 60.3 cm³/mol. The smallest absolute Gasteiger partial charge is 0.133 e. The molecule has 1 aromatic heterocycles. The minimum absolute atomic E-state index is 0.0209. The number of nitrogens with two attached hydrogens (primary N) is 1. The molecule has 2 N–H and O–H groups in total. The van der Waals surface area contributed by atoms with E-state index < -0.39 is 11.1 Å². The zero-order chi connectivity index (χ0) is 11.5. The molecule has 0 saturated carbocycles. The highest BCUT2D eigenvalue weighted by Gasteiger charge is 2.41. The SMILES string of the molecule is CC(C)(C)C(F)(CN)Cc1ccccn1. The van der Waals surface area contributed by atoms with Gasteiger partial charge >= 0.3 is 0 Å². The van der Waals surface area contributed by atoms with Crippen molar-refractivity contribution in [3.05, 3.63) is 30.1 Å². The quantitative estimate of drug-likeness (QED) is 0.831. The number of pyridine rings is 1. The first-order valence-electron chi connectivity index (χ1n) is 5.18. The summed E-state index contributed by atoms with van der Waals surface area (Å²) in [5.41, 5.74) is 4.41. The van der Waals surface area contributed by atoms with E-state index in [-0.39, 0.29) is 13.0 Å². The highest BCUT2D eigenvalue weighted by atomic mass is 19.1. The Kier molecular flexibility index (Phi) is 3.45. The number of rotatable bonds is 3. The molecule has 0 aliphatic rings. The van der Waals surface area contributed by atoms with Crippen molar-refractivity contribution >= 4 is 0 Å². The molecular weight excluding hydrogens is 191 g/mol. The van der Waals surface area contributed by atoms with E-state index in [1.807, 2.05) is 39.0 Å². The van der Waals surface area contributed by atoms with Gasteiger partial charge in [0, 0.05) is 24.9 Å². The van der Waals surface area contributed by atoms with Gasteiger partial charge in [-0.25, -0.2) is 4.39 Å². The van der Waals surface area contributed by atoms with Crippen LogP contribution in [0.15, 0.2) is 24.4 Å². The van der Waals surface area contributed by atoms with Gasteiger partial charge < -0.3 is 5.73 Å². The minimum Gasteiger partial charge on any atom is -0.327 e. The molecule has 1 aromatic rings. The molecule has 0 aliphatic heterocycles. The van der Waals surface area contributed by atoms with Crippen molar-refractivity contribution in [2.45, 2.75) is 32.9 Å². The summed E-state index contributed by atoms with van der Waals surface area (Å²) in [6.07, 6.45) is 1.95. The normalized spacial score (nSPS) is 16.1. The average Bonchev–Trinajstić information content (AvgIpc) is 2.17. The van der Waals surface area contributed by atoms with Crippen molar-refractivity contribution < 1.29 is 4.39 Å². The van der Waals surface area contributed by atoms with Crippen molar-refractivity contribution in [3.8, 4) is 0 Å². The van der Waals surface area contributed by atoms with Gasteiger partial charge in [-0.1, -0.05) is 26.8 Å².